The number of benzene rings is 2. The number of hydrogen-bond donors (Lipinski definition) is 1. The van der Waals surface area contributed by atoms with Crippen molar-refractivity contribution in [1.29, 1.82) is 0 Å². The lowest BCUT2D eigenvalue weighted by Gasteiger charge is -2.12. The van der Waals surface area contributed by atoms with E-state index in [-0.39, 0.29) is 5.82 Å². The largest absolute Gasteiger partial charge is 0.296 e. The van der Waals surface area contributed by atoms with Crippen molar-refractivity contribution in [3.8, 4) is 28.2 Å². The molecule has 160 valence electrons. The van der Waals surface area contributed by atoms with Crippen LogP contribution in [-0.4, -0.2) is 34.7 Å². The van der Waals surface area contributed by atoms with Crippen LogP contribution >= 0.6 is 0 Å². The van der Waals surface area contributed by atoms with Gasteiger partial charge >= 0.3 is 0 Å². The Bertz CT molecular complexity index is 1650. The first-order chi connectivity index (χ1) is 16.1. The Labute approximate surface area is 188 Å². The topological polar surface area (TPSA) is 85.2 Å². The Balaban J connectivity index is 1.73. The number of aryl methyl sites for hydroxylation is 2. The zero-order valence-electron chi connectivity index (χ0n) is 17.9. The van der Waals surface area contributed by atoms with E-state index in [1.165, 1.54) is 12.4 Å². The van der Waals surface area contributed by atoms with Gasteiger partial charge in [0, 0.05) is 23.7 Å². The smallest absolute Gasteiger partial charge is 0.157 e. The van der Waals surface area contributed by atoms with Gasteiger partial charge in [-0.2, -0.15) is 5.10 Å². The summed E-state index contributed by atoms with van der Waals surface area (Å²) in [5.74, 6) is 1.01. The van der Waals surface area contributed by atoms with Crippen LogP contribution in [0.5, 0.6) is 0 Å². The Morgan fingerprint density at radius 2 is 1.79 bits per heavy atom. The number of aromatic nitrogens is 7. The van der Waals surface area contributed by atoms with Crippen LogP contribution in [0.3, 0.4) is 0 Å². The number of aromatic amines is 1. The number of nitrogens with zero attached hydrogens (tertiary/aromatic N) is 6. The summed E-state index contributed by atoms with van der Waals surface area (Å²) >= 11 is 0. The third-order valence-electron chi connectivity index (χ3n) is 5.76. The molecule has 0 atom stereocenters. The van der Waals surface area contributed by atoms with Gasteiger partial charge in [0.2, 0.25) is 0 Å². The van der Waals surface area contributed by atoms with Crippen molar-refractivity contribution in [2.24, 2.45) is 0 Å². The normalized spacial score (nSPS) is 11.5. The SMILES string of the molecule is Cc1cc(-c2cc(-c3ncn[nH]3)c3nc(C)n(-c4ccnc5cccc(F)c45)c3c2)ccn1. The summed E-state index contributed by atoms with van der Waals surface area (Å²) in [5, 5.41) is 7.43. The minimum absolute atomic E-state index is 0.326. The molecule has 0 unspecified atom stereocenters. The second-order valence-corrected chi connectivity index (χ2v) is 7.87. The highest BCUT2D eigenvalue weighted by atomic mass is 19.1. The standard InChI is InChI=1S/C25H18FN7/c1-14-10-16(6-8-27-14)17-11-18(25-29-13-30-32-25)24-22(12-17)33(15(2)31-24)21-7-9-28-20-5-3-4-19(26)23(20)21/h3-13H,1-2H3,(H,29,30,32). The summed E-state index contributed by atoms with van der Waals surface area (Å²) in [6, 6.07) is 14.8. The van der Waals surface area contributed by atoms with Crippen molar-refractivity contribution in [1.82, 2.24) is 34.7 Å². The molecule has 7 nitrogen and oxygen atoms in total. The van der Waals surface area contributed by atoms with Gasteiger partial charge in [-0.05, 0) is 67.4 Å². The van der Waals surface area contributed by atoms with E-state index >= 15 is 0 Å². The van der Waals surface area contributed by atoms with Crippen molar-refractivity contribution < 1.29 is 4.39 Å². The van der Waals surface area contributed by atoms with E-state index in [9.17, 15) is 4.39 Å². The second kappa shape index (κ2) is 7.30. The highest BCUT2D eigenvalue weighted by Crippen LogP contribution is 2.35. The number of halogens is 1. The van der Waals surface area contributed by atoms with Gasteiger partial charge in [0.05, 0.1) is 22.1 Å². The number of imidazole rings is 1. The first kappa shape index (κ1) is 19.2. The molecule has 0 amide bonds. The third-order valence-corrected chi connectivity index (χ3v) is 5.76. The molecule has 0 saturated heterocycles. The molecule has 0 fully saturated rings. The maximum atomic E-state index is 15.0. The Morgan fingerprint density at radius 1 is 0.909 bits per heavy atom. The number of hydrogen-bond acceptors (Lipinski definition) is 5. The number of pyridine rings is 2. The summed E-state index contributed by atoms with van der Waals surface area (Å²) in [6.07, 6.45) is 4.95. The van der Waals surface area contributed by atoms with Crippen molar-refractivity contribution in [3.05, 3.63) is 84.6 Å². The van der Waals surface area contributed by atoms with Crippen LogP contribution < -0.4 is 0 Å². The van der Waals surface area contributed by atoms with E-state index in [1.54, 1.807) is 18.5 Å². The van der Waals surface area contributed by atoms with Gasteiger partial charge in [-0.25, -0.2) is 14.4 Å². The van der Waals surface area contributed by atoms with Crippen LogP contribution in [0.1, 0.15) is 11.5 Å². The van der Waals surface area contributed by atoms with E-state index in [2.05, 4.69) is 31.2 Å². The summed E-state index contributed by atoms with van der Waals surface area (Å²) in [6.45, 7) is 3.87. The fourth-order valence-electron chi connectivity index (χ4n) is 4.34. The van der Waals surface area contributed by atoms with Crippen LogP contribution in [0.4, 0.5) is 4.39 Å². The second-order valence-electron chi connectivity index (χ2n) is 7.87. The van der Waals surface area contributed by atoms with Crippen LogP contribution in [0.15, 0.2) is 67.3 Å². The Morgan fingerprint density at radius 3 is 2.61 bits per heavy atom. The molecule has 0 aliphatic rings. The number of rotatable bonds is 3. The van der Waals surface area contributed by atoms with Gasteiger partial charge in [0.25, 0.3) is 0 Å². The molecule has 0 radical (unpaired) electrons. The highest BCUT2D eigenvalue weighted by Gasteiger charge is 2.20. The van der Waals surface area contributed by atoms with Crippen LogP contribution in [0, 0.1) is 19.7 Å². The van der Waals surface area contributed by atoms with Gasteiger partial charge in [-0.3, -0.25) is 19.6 Å². The molecule has 0 saturated carbocycles. The van der Waals surface area contributed by atoms with Crippen LogP contribution in [-0.2, 0) is 0 Å². The maximum absolute atomic E-state index is 15.0. The lowest BCUT2D eigenvalue weighted by Crippen LogP contribution is -2.00. The monoisotopic (exact) mass is 435 g/mol. The summed E-state index contributed by atoms with van der Waals surface area (Å²) in [7, 11) is 0. The number of fused-ring (bicyclic) bond motifs is 2. The first-order valence-corrected chi connectivity index (χ1v) is 10.5. The van der Waals surface area contributed by atoms with Gasteiger partial charge in [-0.15, -0.1) is 0 Å². The van der Waals surface area contributed by atoms with Gasteiger partial charge in [0.1, 0.15) is 23.5 Å². The van der Waals surface area contributed by atoms with E-state index < -0.39 is 0 Å². The molecule has 6 rings (SSSR count). The molecule has 2 aromatic carbocycles. The van der Waals surface area contributed by atoms with Crippen molar-refractivity contribution in [3.63, 3.8) is 0 Å². The van der Waals surface area contributed by atoms with E-state index in [4.69, 9.17) is 4.98 Å². The van der Waals surface area contributed by atoms with Gasteiger partial charge in [0.15, 0.2) is 5.82 Å². The Kier molecular flexibility index (Phi) is 4.26. The van der Waals surface area contributed by atoms with Crippen molar-refractivity contribution in [2.45, 2.75) is 13.8 Å². The molecule has 0 spiro atoms. The summed E-state index contributed by atoms with van der Waals surface area (Å²) in [5.41, 5.74) is 6.58. The minimum Gasteiger partial charge on any atom is -0.296 e. The predicted molar refractivity (Wildman–Crippen MR) is 124 cm³/mol. The molecule has 6 aromatic rings. The average Bonchev–Trinajstić information content (AvgIpc) is 3.46. The molecular weight excluding hydrogens is 417 g/mol. The lowest BCUT2D eigenvalue weighted by molar-refractivity contribution is 0.639. The van der Waals surface area contributed by atoms with Crippen molar-refractivity contribution >= 4 is 21.9 Å². The fourth-order valence-corrected chi connectivity index (χ4v) is 4.34. The van der Waals surface area contributed by atoms with E-state index in [0.717, 1.165) is 39.2 Å². The fraction of sp³-hybridized carbons (Fsp3) is 0.0800. The van der Waals surface area contributed by atoms with E-state index in [1.807, 2.05) is 48.7 Å². The van der Waals surface area contributed by atoms with Crippen molar-refractivity contribution in [2.75, 3.05) is 0 Å². The van der Waals surface area contributed by atoms with Crippen LogP contribution in [0.2, 0.25) is 0 Å². The van der Waals surface area contributed by atoms with Gasteiger partial charge < -0.3 is 0 Å². The molecule has 4 heterocycles. The molecule has 0 bridgehead atoms. The average molecular weight is 435 g/mol. The summed E-state index contributed by atoms with van der Waals surface area (Å²) in [4.78, 5) is 17.9. The maximum Gasteiger partial charge on any atom is 0.157 e. The third kappa shape index (κ3) is 3.07. The van der Waals surface area contributed by atoms with Crippen LogP contribution in [0.25, 0.3) is 50.1 Å². The first-order valence-electron chi connectivity index (χ1n) is 10.5. The zero-order valence-corrected chi connectivity index (χ0v) is 17.9. The predicted octanol–water partition coefficient (Wildman–Crippen LogP) is 5.18. The lowest BCUT2D eigenvalue weighted by atomic mass is 10.0. The Hall–Kier alpha value is -4.46. The van der Waals surface area contributed by atoms with E-state index in [0.29, 0.717) is 22.4 Å². The molecule has 0 aliphatic carbocycles. The number of nitrogens with one attached hydrogen (secondary N) is 1. The highest BCUT2D eigenvalue weighted by molar-refractivity contribution is 5.98. The summed E-state index contributed by atoms with van der Waals surface area (Å²) < 4.78 is 16.9. The molecule has 1 N–H and O–H groups in total. The molecular formula is C25H18FN7. The molecule has 33 heavy (non-hydrogen) atoms. The van der Waals surface area contributed by atoms with Gasteiger partial charge in [-0.1, -0.05) is 6.07 Å². The molecule has 4 aromatic heterocycles. The minimum atomic E-state index is -0.326. The number of H-pyrrole nitrogens is 1. The molecule has 0 aliphatic heterocycles. The molecule has 8 heteroatoms. The quantitative estimate of drug-likeness (QED) is 0.414. The zero-order chi connectivity index (χ0) is 22.5.